The second-order valence-electron chi connectivity index (χ2n) is 6.15. The maximum atomic E-state index is 5.86. The van der Waals surface area contributed by atoms with E-state index in [0.29, 0.717) is 11.8 Å². The third-order valence-electron chi connectivity index (χ3n) is 4.38. The van der Waals surface area contributed by atoms with Crippen LogP contribution in [0.25, 0.3) is 0 Å². The van der Waals surface area contributed by atoms with Gasteiger partial charge in [-0.15, -0.1) is 0 Å². The van der Waals surface area contributed by atoms with Crippen LogP contribution in [0.1, 0.15) is 56.6 Å². The molecule has 0 radical (unpaired) electrons. The lowest BCUT2D eigenvalue weighted by Gasteiger charge is -2.28. The molecule has 0 aliphatic carbocycles. The summed E-state index contributed by atoms with van der Waals surface area (Å²) in [5, 5.41) is 0. The molecule has 2 aromatic rings. The van der Waals surface area contributed by atoms with Crippen LogP contribution in [0.4, 0.5) is 11.4 Å². The van der Waals surface area contributed by atoms with Crippen LogP contribution >= 0.6 is 0 Å². The summed E-state index contributed by atoms with van der Waals surface area (Å²) in [6.45, 7) is 4.54. The smallest absolute Gasteiger partial charge is 0.0314 e. The van der Waals surface area contributed by atoms with Crippen molar-refractivity contribution >= 4 is 11.4 Å². The van der Waals surface area contributed by atoms with Crippen molar-refractivity contribution in [3.05, 3.63) is 59.7 Å². The SMILES string of the molecule is CCCC(CCC)C(c1ccc(N)cc1)c1ccc(N)cc1. The number of nitrogens with two attached hydrogens (primary N) is 2. The molecule has 118 valence electrons. The maximum absolute atomic E-state index is 5.86. The van der Waals surface area contributed by atoms with Crippen molar-refractivity contribution in [1.29, 1.82) is 0 Å². The van der Waals surface area contributed by atoms with Gasteiger partial charge in [0.1, 0.15) is 0 Å². The summed E-state index contributed by atoms with van der Waals surface area (Å²) < 4.78 is 0. The zero-order valence-corrected chi connectivity index (χ0v) is 13.8. The summed E-state index contributed by atoms with van der Waals surface area (Å²) in [6, 6.07) is 16.7. The lowest BCUT2D eigenvalue weighted by Crippen LogP contribution is -2.15. The van der Waals surface area contributed by atoms with Crippen LogP contribution in [-0.2, 0) is 0 Å². The number of anilines is 2. The van der Waals surface area contributed by atoms with E-state index in [2.05, 4.69) is 38.1 Å². The molecule has 2 aromatic carbocycles. The fraction of sp³-hybridized carbons (Fsp3) is 0.400. The van der Waals surface area contributed by atoms with Gasteiger partial charge < -0.3 is 11.5 Å². The van der Waals surface area contributed by atoms with Gasteiger partial charge in [-0.05, 0) is 54.2 Å². The van der Waals surface area contributed by atoms with Gasteiger partial charge in [0, 0.05) is 17.3 Å². The zero-order valence-electron chi connectivity index (χ0n) is 13.8. The number of hydrogen-bond donors (Lipinski definition) is 2. The number of nitrogen functional groups attached to an aromatic ring is 2. The molecule has 0 spiro atoms. The molecule has 0 amide bonds. The summed E-state index contributed by atoms with van der Waals surface area (Å²) in [5.74, 6) is 1.07. The van der Waals surface area contributed by atoms with E-state index < -0.39 is 0 Å². The van der Waals surface area contributed by atoms with Crippen molar-refractivity contribution in [2.24, 2.45) is 5.92 Å². The molecule has 0 fully saturated rings. The lowest BCUT2D eigenvalue weighted by molar-refractivity contribution is 0.396. The van der Waals surface area contributed by atoms with E-state index in [-0.39, 0.29) is 0 Å². The minimum absolute atomic E-state index is 0.418. The van der Waals surface area contributed by atoms with Crippen LogP contribution in [-0.4, -0.2) is 0 Å². The minimum Gasteiger partial charge on any atom is -0.399 e. The second kappa shape index (κ2) is 7.88. The summed E-state index contributed by atoms with van der Waals surface area (Å²) in [7, 11) is 0. The first-order valence-corrected chi connectivity index (χ1v) is 8.36. The minimum atomic E-state index is 0.418. The van der Waals surface area contributed by atoms with Crippen LogP contribution in [0.2, 0.25) is 0 Å². The molecule has 4 N–H and O–H groups in total. The van der Waals surface area contributed by atoms with Crippen molar-refractivity contribution in [3.8, 4) is 0 Å². The molecule has 22 heavy (non-hydrogen) atoms. The number of hydrogen-bond acceptors (Lipinski definition) is 2. The number of rotatable bonds is 7. The predicted octanol–water partition coefficient (Wildman–Crippen LogP) is 5.20. The van der Waals surface area contributed by atoms with Crippen molar-refractivity contribution in [3.63, 3.8) is 0 Å². The van der Waals surface area contributed by atoms with E-state index in [0.717, 1.165) is 11.4 Å². The van der Waals surface area contributed by atoms with E-state index in [1.165, 1.54) is 36.8 Å². The highest BCUT2D eigenvalue weighted by Crippen LogP contribution is 2.37. The molecule has 0 saturated carbocycles. The molecule has 0 aliphatic rings. The Bertz CT molecular complexity index is 506. The molecule has 0 atom stereocenters. The highest BCUT2D eigenvalue weighted by molar-refractivity contribution is 5.46. The lowest BCUT2D eigenvalue weighted by atomic mass is 9.76. The van der Waals surface area contributed by atoms with Crippen LogP contribution in [0.15, 0.2) is 48.5 Å². The van der Waals surface area contributed by atoms with Crippen LogP contribution < -0.4 is 11.5 Å². The van der Waals surface area contributed by atoms with Gasteiger partial charge in [0.2, 0.25) is 0 Å². The summed E-state index contributed by atoms with van der Waals surface area (Å²) in [6.07, 6.45) is 4.91. The van der Waals surface area contributed by atoms with Gasteiger partial charge in [-0.1, -0.05) is 51.0 Å². The third-order valence-corrected chi connectivity index (χ3v) is 4.38. The first-order chi connectivity index (χ1) is 10.7. The van der Waals surface area contributed by atoms with Crippen LogP contribution in [0.3, 0.4) is 0 Å². The quantitative estimate of drug-likeness (QED) is 0.690. The maximum Gasteiger partial charge on any atom is 0.0314 e. The predicted molar refractivity (Wildman–Crippen MR) is 96.9 cm³/mol. The average Bonchev–Trinajstić information content (AvgIpc) is 2.52. The Morgan fingerprint density at radius 2 is 1.05 bits per heavy atom. The Balaban J connectivity index is 2.42. The second-order valence-corrected chi connectivity index (χ2v) is 6.15. The molecule has 0 unspecified atom stereocenters. The van der Waals surface area contributed by atoms with Crippen molar-refractivity contribution in [2.75, 3.05) is 11.5 Å². The Hall–Kier alpha value is -1.96. The molecule has 0 bridgehead atoms. The molecule has 2 nitrogen and oxygen atoms in total. The fourth-order valence-electron chi connectivity index (χ4n) is 3.36. The first kappa shape index (κ1) is 16.4. The fourth-order valence-corrected chi connectivity index (χ4v) is 3.36. The van der Waals surface area contributed by atoms with Gasteiger partial charge in [0.25, 0.3) is 0 Å². The zero-order chi connectivity index (χ0) is 15.9. The molecule has 2 rings (SSSR count). The highest BCUT2D eigenvalue weighted by atomic mass is 14.5. The Kier molecular flexibility index (Phi) is 5.88. The third kappa shape index (κ3) is 4.03. The largest absolute Gasteiger partial charge is 0.399 e. The Morgan fingerprint density at radius 1 is 0.682 bits per heavy atom. The van der Waals surface area contributed by atoms with E-state index >= 15 is 0 Å². The molecule has 0 aromatic heterocycles. The van der Waals surface area contributed by atoms with Gasteiger partial charge in [-0.25, -0.2) is 0 Å². The van der Waals surface area contributed by atoms with Gasteiger partial charge in [0.15, 0.2) is 0 Å². The van der Waals surface area contributed by atoms with Gasteiger partial charge in [0.05, 0.1) is 0 Å². The van der Waals surface area contributed by atoms with Crippen molar-refractivity contribution < 1.29 is 0 Å². The van der Waals surface area contributed by atoms with E-state index in [4.69, 9.17) is 11.5 Å². The first-order valence-electron chi connectivity index (χ1n) is 8.36. The van der Waals surface area contributed by atoms with E-state index in [9.17, 15) is 0 Å². The summed E-state index contributed by atoms with van der Waals surface area (Å²) >= 11 is 0. The Morgan fingerprint density at radius 3 is 1.36 bits per heavy atom. The summed E-state index contributed by atoms with van der Waals surface area (Å²) in [5.41, 5.74) is 16.1. The van der Waals surface area contributed by atoms with Crippen molar-refractivity contribution in [1.82, 2.24) is 0 Å². The highest BCUT2D eigenvalue weighted by Gasteiger charge is 2.23. The molecular weight excluding hydrogens is 268 g/mol. The van der Waals surface area contributed by atoms with Crippen LogP contribution in [0.5, 0.6) is 0 Å². The average molecular weight is 296 g/mol. The van der Waals surface area contributed by atoms with Gasteiger partial charge in [-0.3, -0.25) is 0 Å². The normalized spacial score (nSPS) is 11.3. The van der Waals surface area contributed by atoms with Crippen molar-refractivity contribution in [2.45, 2.75) is 45.4 Å². The standard InChI is InChI=1S/C20H28N2/c1-3-5-15(6-4-2)20(16-7-11-18(21)12-8-16)17-9-13-19(22)14-10-17/h7-15,20H,3-6,21-22H2,1-2H3. The van der Waals surface area contributed by atoms with E-state index in [1.54, 1.807) is 0 Å². The van der Waals surface area contributed by atoms with Crippen LogP contribution in [0, 0.1) is 5.92 Å². The molecule has 0 aliphatic heterocycles. The molecular formula is C20H28N2. The van der Waals surface area contributed by atoms with E-state index in [1.807, 2.05) is 24.3 Å². The topological polar surface area (TPSA) is 52.0 Å². The molecule has 0 saturated heterocycles. The monoisotopic (exact) mass is 296 g/mol. The Labute approximate surface area is 134 Å². The van der Waals surface area contributed by atoms with Gasteiger partial charge in [-0.2, -0.15) is 0 Å². The summed E-state index contributed by atoms with van der Waals surface area (Å²) in [4.78, 5) is 0. The molecule has 0 heterocycles. The van der Waals surface area contributed by atoms with Gasteiger partial charge >= 0.3 is 0 Å². The molecule has 2 heteroatoms. The number of benzene rings is 2.